The molecule has 1 amide bonds. The van der Waals surface area contributed by atoms with E-state index in [1.54, 1.807) is 25.6 Å². The lowest BCUT2D eigenvalue weighted by Gasteiger charge is -2.31. The van der Waals surface area contributed by atoms with E-state index in [0.29, 0.717) is 19.5 Å². The fraction of sp³-hybridized carbons (Fsp3) is 0.440. The Hall–Kier alpha value is -2.80. The van der Waals surface area contributed by atoms with Crippen LogP contribution in [0.5, 0.6) is 11.5 Å². The summed E-state index contributed by atoms with van der Waals surface area (Å²) in [5.41, 5.74) is 4.57. The lowest BCUT2D eigenvalue weighted by Crippen LogP contribution is -2.43. The van der Waals surface area contributed by atoms with Crippen molar-refractivity contribution < 1.29 is 14.3 Å². The summed E-state index contributed by atoms with van der Waals surface area (Å²) in [5, 5.41) is 4.15. The summed E-state index contributed by atoms with van der Waals surface area (Å²) in [7, 11) is 3.31. The predicted molar refractivity (Wildman–Crippen MR) is 130 cm³/mol. The number of amides is 1. The summed E-state index contributed by atoms with van der Waals surface area (Å²) in [4.78, 5) is 20.1. The monoisotopic (exact) mass is 453 g/mol. The number of piperidine rings is 1. The molecule has 0 aliphatic carbocycles. The third-order valence-corrected chi connectivity index (χ3v) is 7.13. The molecule has 1 aliphatic rings. The number of nitrogens with one attached hydrogen (secondary N) is 1. The molecule has 6 nitrogen and oxygen atoms in total. The SMILES string of the molecule is COc1ccc(OC)c(CCNC(=O)[C@H]2CCCN(c3nc4c(C)cc(C)cc4s3)C2)c1. The van der Waals surface area contributed by atoms with Gasteiger partial charge in [0.15, 0.2) is 5.13 Å². The number of anilines is 1. The van der Waals surface area contributed by atoms with Crippen molar-refractivity contribution in [3.63, 3.8) is 0 Å². The van der Waals surface area contributed by atoms with Gasteiger partial charge in [-0.25, -0.2) is 4.98 Å². The summed E-state index contributed by atoms with van der Waals surface area (Å²) >= 11 is 1.73. The smallest absolute Gasteiger partial charge is 0.224 e. The number of aromatic nitrogens is 1. The number of hydrogen-bond donors (Lipinski definition) is 1. The van der Waals surface area contributed by atoms with E-state index < -0.39 is 0 Å². The van der Waals surface area contributed by atoms with Crippen LogP contribution in [0.3, 0.4) is 0 Å². The van der Waals surface area contributed by atoms with Crippen molar-refractivity contribution in [1.29, 1.82) is 0 Å². The van der Waals surface area contributed by atoms with Gasteiger partial charge in [-0.1, -0.05) is 17.4 Å². The lowest BCUT2D eigenvalue weighted by atomic mass is 9.97. The van der Waals surface area contributed by atoms with Crippen molar-refractivity contribution in [1.82, 2.24) is 10.3 Å². The molecule has 2 heterocycles. The van der Waals surface area contributed by atoms with Crippen LogP contribution in [0.15, 0.2) is 30.3 Å². The first-order valence-electron chi connectivity index (χ1n) is 11.1. The van der Waals surface area contributed by atoms with Crippen LogP contribution in [0, 0.1) is 19.8 Å². The number of ether oxygens (including phenoxy) is 2. The van der Waals surface area contributed by atoms with Crippen LogP contribution in [0.1, 0.15) is 29.5 Å². The number of benzene rings is 2. The zero-order valence-corrected chi connectivity index (χ0v) is 20.1. The van der Waals surface area contributed by atoms with Crippen molar-refractivity contribution in [2.24, 2.45) is 5.92 Å². The number of carbonyl (C=O) groups is 1. The molecule has 2 aromatic carbocycles. The van der Waals surface area contributed by atoms with E-state index >= 15 is 0 Å². The Morgan fingerprint density at radius 2 is 2.06 bits per heavy atom. The lowest BCUT2D eigenvalue weighted by molar-refractivity contribution is -0.125. The number of aryl methyl sites for hydroxylation is 2. The summed E-state index contributed by atoms with van der Waals surface area (Å²) < 4.78 is 12.0. The van der Waals surface area contributed by atoms with E-state index in [9.17, 15) is 4.79 Å². The normalized spacial score (nSPS) is 16.2. The maximum absolute atomic E-state index is 12.9. The first kappa shape index (κ1) is 22.4. The van der Waals surface area contributed by atoms with Gasteiger partial charge in [-0.05, 0) is 74.1 Å². The largest absolute Gasteiger partial charge is 0.497 e. The van der Waals surface area contributed by atoms with Crippen molar-refractivity contribution >= 4 is 32.6 Å². The molecule has 1 atom stereocenters. The Morgan fingerprint density at radius 3 is 2.84 bits per heavy atom. The van der Waals surface area contributed by atoms with Gasteiger partial charge in [0.25, 0.3) is 0 Å². The van der Waals surface area contributed by atoms with Crippen molar-refractivity contribution in [2.75, 3.05) is 38.8 Å². The molecule has 0 radical (unpaired) electrons. The highest BCUT2D eigenvalue weighted by Gasteiger charge is 2.27. The third kappa shape index (κ3) is 4.83. The third-order valence-electron chi connectivity index (χ3n) is 6.06. The quantitative estimate of drug-likeness (QED) is 0.570. The highest BCUT2D eigenvalue weighted by molar-refractivity contribution is 7.22. The second-order valence-corrected chi connectivity index (χ2v) is 9.44. The standard InChI is InChI=1S/C25H31N3O3S/c1-16-12-17(2)23-22(13-16)32-25(27-23)28-11-5-6-19(15-28)24(29)26-10-9-18-14-20(30-3)7-8-21(18)31-4/h7-8,12-14,19H,5-6,9-11,15H2,1-4H3,(H,26,29)/t19-/m0/s1. The van der Waals surface area contributed by atoms with Crippen LogP contribution in [0.25, 0.3) is 10.2 Å². The average molecular weight is 454 g/mol. The second kappa shape index (κ2) is 9.77. The fourth-order valence-electron chi connectivity index (χ4n) is 4.40. The number of methoxy groups -OCH3 is 2. The van der Waals surface area contributed by atoms with Gasteiger partial charge in [0.2, 0.25) is 5.91 Å². The second-order valence-electron chi connectivity index (χ2n) is 8.43. The minimum atomic E-state index is -0.0224. The topological polar surface area (TPSA) is 63.7 Å². The fourth-order valence-corrected chi connectivity index (χ4v) is 5.58. The number of fused-ring (bicyclic) bond motifs is 1. The van der Waals surface area contributed by atoms with Gasteiger partial charge in [0.1, 0.15) is 11.5 Å². The van der Waals surface area contributed by atoms with Crippen LogP contribution >= 0.6 is 11.3 Å². The Labute approximate surface area is 193 Å². The Balaban J connectivity index is 1.37. The van der Waals surface area contributed by atoms with Gasteiger partial charge in [0.05, 0.1) is 30.4 Å². The van der Waals surface area contributed by atoms with E-state index in [1.807, 2.05) is 18.2 Å². The molecule has 7 heteroatoms. The van der Waals surface area contributed by atoms with Crippen LogP contribution in [-0.2, 0) is 11.2 Å². The molecule has 32 heavy (non-hydrogen) atoms. The van der Waals surface area contributed by atoms with E-state index in [1.165, 1.54) is 15.8 Å². The van der Waals surface area contributed by atoms with Crippen molar-refractivity contribution in [3.05, 3.63) is 47.0 Å². The number of thiazole rings is 1. The first-order chi connectivity index (χ1) is 15.5. The van der Waals surface area contributed by atoms with Crippen molar-refractivity contribution in [3.8, 4) is 11.5 Å². The van der Waals surface area contributed by atoms with Gasteiger partial charge in [-0.3, -0.25) is 4.79 Å². The molecule has 3 aromatic rings. The average Bonchev–Trinajstić information content (AvgIpc) is 3.23. The summed E-state index contributed by atoms with van der Waals surface area (Å²) in [6.07, 6.45) is 2.60. The molecular formula is C25H31N3O3S. The Bertz CT molecular complexity index is 1110. The highest BCUT2D eigenvalue weighted by atomic mass is 32.1. The molecule has 0 saturated carbocycles. The van der Waals surface area contributed by atoms with E-state index in [4.69, 9.17) is 14.5 Å². The molecule has 0 spiro atoms. The Morgan fingerprint density at radius 1 is 1.22 bits per heavy atom. The van der Waals surface area contributed by atoms with Gasteiger partial charge in [0, 0.05) is 19.6 Å². The molecule has 4 rings (SSSR count). The summed E-state index contributed by atoms with van der Waals surface area (Å²) in [6.45, 7) is 6.46. The van der Waals surface area contributed by atoms with Crippen LogP contribution in [0.2, 0.25) is 0 Å². The molecule has 1 aliphatic heterocycles. The zero-order valence-electron chi connectivity index (χ0n) is 19.2. The molecule has 1 aromatic heterocycles. The number of hydrogen-bond acceptors (Lipinski definition) is 6. The number of nitrogens with zero attached hydrogens (tertiary/aromatic N) is 2. The van der Waals surface area contributed by atoms with E-state index in [2.05, 4.69) is 36.2 Å². The number of carbonyl (C=O) groups excluding carboxylic acids is 1. The molecule has 1 fully saturated rings. The molecular weight excluding hydrogens is 422 g/mol. The maximum Gasteiger partial charge on any atom is 0.224 e. The van der Waals surface area contributed by atoms with E-state index in [-0.39, 0.29) is 11.8 Å². The van der Waals surface area contributed by atoms with Crippen molar-refractivity contribution in [2.45, 2.75) is 33.1 Å². The predicted octanol–water partition coefficient (Wildman–Crippen LogP) is 4.51. The van der Waals surface area contributed by atoms with Gasteiger partial charge >= 0.3 is 0 Å². The van der Waals surface area contributed by atoms with Gasteiger partial charge in [-0.2, -0.15) is 0 Å². The van der Waals surface area contributed by atoms with Gasteiger partial charge < -0.3 is 19.7 Å². The minimum absolute atomic E-state index is 0.0224. The van der Waals surface area contributed by atoms with Gasteiger partial charge in [-0.15, -0.1) is 0 Å². The Kier molecular flexibility index (Phi) is 6.84. The minimum Gasteiger partial charge on any atom is -0.497 e. The molecule has 0 unspecified atom stereocenters. The highest BCUT2D eigenvalue weighted by Crippen LogP contribution is 2.33. The number of rotatable bonds is 7. The first-order valence-corrected chi connectivity index (χ1v) is 11.9. The molecule has 170 valence electrons. The zero-order chi connectivity index (χ0) is 22.7. The van der Waals surface area contributed by atoms with Crippen LogP contribution < -0.4 is 19.7 Å². The summed E-state index contributed by atoms with van der Waals surface area (Å²) in [6, 6.07) is 10.1. The summed E-state index contributed by atoms with van der Waals surface area (Å²) in [5.74, 6) is 1.69. The molecule has 1 saturated heterocycles. The maximum atomic E-state index is 12.9. The van der Waals surface area contributed by atoms with Crippen LogP contribution in [-0.4, -0.2) is 44.7 Å². The molecule has 1 N–H and O–H groups in total. The van der Waals surface area contributed by atoms with Crippen LogP contribution in [0.4, 0.5) is 5.13 Å². The van der Waals surface area contributed by atoms with E-state index in [0.717, 1.165) is 47.1 Å². The molecule has 0 bridgehead atoms.